The van der Waals surface area contributed by atoms with Gasteiger partial charge in [-0.25, -0.2) is 0 Å². The summed E-state index contributed by atoms with van der Waals surface area (Å²) in [7, 11) is 1.57. The minimum absolute atomic E-state index is 0.0709. The smallest absolute Gasteiger partial charge is 0.137 e. The van der Waals surface area contributed by atoms with E-state index in [1.54, 1.807) is 19.2 Å². The summed E-state index contributed by atoms with van der Waals surface area (Å²) in [6.45, 7) is 1.97. The Morgan fingerprint density at radius 1 is 1.57 bits per heavy atom. The molecule has 0 bridgehead atoms. The molecule has 2 nitrogen and oxygen atoms in total. The van der Waals surface area contributed by atoms with Gasteiger partial charge in [-0.15, -0.1) is 0 Å². The maximum absolute atomic E-state index is 10.7. The number of rotatable bonds is 4. The number of carbonyl (C=O) groups excluding carboxylic acids is 1. The van der Waals surface area contributed by atoms with Crippen LogP contribution < -0.4 is 4.74 Å². The first-order chi connectivity index (χ1) is 6.72. The molecule has 0 aliphatic rings. The van der Waals surface area contributed by atoms with Crippen LogP contribution in [0.1, 0.15) is 24.8 Å². The van der Waals surface area contributed by atoms with E-state index < -0.39 is 0 Å². The third kappa shape index (κ3) is 2.26. The highest BCUT2D eigenvalue weighted by Gasteiger charge is 2.09. The van der Waals surface area contributed by atoms with E-state index in [9.17, 15) is 4.79 Å². The second-order valence-electron chi connectivity index (χ2n) is 3.04. The van der Waals surface area contributed by atoms with E-state index in [4.69, 9.17) is 16.3 Å². The fourth-order valence-corrected chi connectivity index (χ4v) is 1.59. The summed E-state index contributed by atoms with van der Waals surface area (Å²) in [5.74, 6) is 0.564. The summed E-state index contributed by atoms with van der Waals surface area (Å²) in [6.07, 6.45) is 1.73. The van der Waals surface area contributed by atoms with Gasteiger partial charge in [-0.05, 0) is 24.1 Å². The second-order valence-corrected chi connectivity index (χ2v) is 3.45. The molecular weight excluding hydrogens is 200 g/mol. The third-order valence-corrected chi connectivity index (χ3v) is 2.50. The second kappa shape index (κ2) is 5.01. The first-order valence-corrected chi connectivity index (χ1v) is 4.89. The fraction of sp³-hybridized carbons (Fsp3) is 0.364. The summed E-state index contributed by atoms with van der Waals surface area (Å²) in [5.41, 5.74) is 0.938. The SMILES string of the molecule is CCC(C=O)c1ccc(OC)c(Cl)c1. The van der Waals surface area contributed by atoms with Crippen molar-refractivity contribution in [3.63, 3.8) is 0 Å². The average Bonchev–Trinajstić information content (AvgIpc) is 2.20. The van der Waals surface area contributed by atoms with Crippen molar-refractivity contribution in [2.24, 2.45) is 0 Å². The van der Waals surface area contributed by atoms with Crippen LogP contribution >= 0.6 is 11.6 Å². The lowest BCUT2D eigenvalue weighted by Crippen LogP contribution is -1.98. The fourth-order valence-electron chi connectivity index (χ4n) is 1.32. The van der Waals surface area contributed by atoms with Gasteiger partial charge in [0.2, 0.25) is 0 Å². The zero-order valence-electron chi connectivity index (χ0n) is 8.29. The highest BCUT2D eigenvalue weighted by atomic mass is 35.5. The van der Waals surface area contributed by atoms with Gasteiger partial charge in [-0.3, -0.25) is 0 Å². The lowest BCUT2D eigenvalue weighted by Gasteiger charge is -2.09. The zero-order valence-corrected chi connectivity index (χ0v) is 9.04. The molecule has 76 valence electrons. The van der Waals surface area contributed by atoms with Crippen molar-refractivity contribution in [1.82, 2.24) is 0 Å². The zero-order chi connectivity index (χ0) is 10.6. The maximum Gasteiger partial charge on any atom is 0.137 e. The van der Waals surface area contributed by atoms with E-state index in [1.165, 1.54) is 0 Å². The standard InChI is InChI=1S/C11H13ClO2/c1-3-8(7-13)9-4-5-11(14-2)10(12)6-9/h4-8H,3H2,1-2H3. The molecule has 14 heavy (non-hydrogen) atoms. The summed E-state index contributed by atoms with van der Waals surface area (Å²) in [4.78, 5) is 10.7. The Kier molecular flexibility index (Phi) is 3.96. The number of ether oxygens (including phenoxy) is 1. The number of hydrogen-bond donors (Lipinski definition) is 0. The van der Waals surface area contributed by atoms with Crippen LogP contribution in [0.15, 0.2) is 18.2 Å². The van der Waals surface area contributed by atoms with E-state index >= 15 is 0 Å². The quantitative estimate of drug-likeness (QED) is 0.718. The van der Waals surface area contributed by atoms with E-state index in [1.807, 2.05) is 13.0 Å². The summed E-state index contributed by atoms with van der Waals surface area (Å²) in [5, 5.41) is 0.547. The monoisotopic (exact) mass is 212 g/mol. The van der Waals surface area contributed by atoms with E-state index in [0.717, 1.165) is 18.3 Å². The van der Waals surface area contributed by atoms with Gasteiger partial charge in [0.1, 0.15) is 12.0 Å². The molecule has 0 fully saturated rings. The molecule has 1 atom stereocenters. The van der Waals surface area contributed by atoms with Gasteiger partial charge in [-0.1, -0.05) is 24.6 Å². The molecular formula is C11H13ClO2. The maximum atomic E-state index is 10.7. The molecule has 0 saturated carbocycles. The minimum atomic E-state index is -0.0709. The Morgan fingerprint density at radius 2 is 2.29 bits per heavy atom. The van der Waals surface area contributed by atoms with Crippen LogP contribution in [0.5, 0.6) is 5.75 Å². The summed E-state index contributed by atoms with van der Waals surface area (Å²) < 4.78 is 5.03. The first kappa shape index (κ1) is 11.1. The Bertz CT molecular complexity index is 323. The molecule has 1 unspecified atom stereocenters. The van der Waals surface area contributed by atoms with E-state index in [-0.39, 0.29) is 5.92 Å². The molecule has 0 aromatic heterocycles. The van der Waals surface area contributed by atoms with Crippen LogP contribution in [0.3, 0.4) is 0 Å². The highest BCUT2D eigenvalue weighted by molar-refractivity contribution is 6.32. The van der Waals surface area contributed by atoms with E-state index in [0.29, 0.717) is 10.8 Å². The van der Waals surface area contributed by atoms with Crippen LogP contribution in [-0.4, -0.2) is 13.4 Å². The van der Waals surface area contributed by atoms with Gasteiger partial charge >= 0.3 is 0 Å². The van der Waals surface area contributed by atoms with Crippen molar-refractivity contribution in [3.8, 4) is 5.75 Å². The number of carbonyl (C=O) groups is 1. The lowest BCUT2D eigenvalue weighted by atomic mass is 9.98. The Labute approximate surface area is 88.8 Å². The predicted octanol–water partition coefficient (Wildman–Crippen LogP) is 3.04. The molecule has 3 heteroatoms. The van der Waals surface area contributed by atoms with Gasteiger partial charge in [0.25, 0.3) is 0 Å². The van der Waals surface area contributed by atoms with E-state index in [2.05, 4.69) is 0 Å². The van der Waals surface area contributed by atoms with Crippen molar-refractivity contribution in [2.45, 2.75) is 19.3 Å². The first-order valence-electron chi connectivity index (χ1n) is 4.51. The highest BCUT2D eigenvalue weighted by Crippen LogP contribution is 2.28. The molecule has 0 N–H and O–H groups in total. The van der Waals surface area contributed by atoms with Crippen LogP contribution in [0.4, 0.5) is 0 Å². The predicted molar refractivity (Wildman–Crippen MR) is 57.1 cm³/mol. The van der Waals surface area contributed by atoms with Gasteiger partial charge in [0.15, 0.2) is 0 Å². The van der Waals surface area contributed by atoms with Gasteiger partial charge in [0, 0.05) is 5.92 Å². The molecule has 0 aliphatic carbocycles. The van der Waals surface area contributed by atoms with Crippen LogP contribution in [0.25, 0.3) is 0 Å². The lowest BCUT2D eigenvalue weighted by molar-refractivity contribution is -0.109. The van der Waals surface area contributed by atoms with Crippen molar-refractivity contribution in [1.29, 1.82) is 0 Å². The summed E-state index contributed by atoms with van der Waals surface area (Å²) in [6, 6.07) is 5.43. The molecule has 1 aromatic rings. The Balaban J connectivity index is 3.01. The van der Waals surface area contributed by atoms with Crippen molar-refractivity contribution in [2.75, 3.05) is 7.11 Å². The van der Waals surface area contributed by atoms with Crippen LogP contribution in [-0.2, 0) is 4.79 Å². The topological polar surface area (TPSA) is 26.3 Å². The number of halogens is 1. The van der Waals surface area contributed by atoms with Gasteiger partial charge in [0.05, 0.1) is 12.1 Å². The van der Waals surface area contributed by atoms with Crippen LogP contribution in [0, 0.1) is 0 Å². The normalized spacial score (nSPS) is 12.2. The number of aldehydes is 1. The largest absolute Gasteiger partial charge is 0.495 e. The molecule has 0 heterocycles. The number of benzene rings is 1. The molecule has 1 aromatic carbocycles. The van der Waals surface area contributed by atoms with Gasteiger partial charge in [-0.2, -0.15) is 0 Å². The Morgan fingerprint density at radius 3 is 2.71 bits per heavy atom. The number of hydrogen-bond acceptors (Lipinski definition) is 2. The molecule has 0 spiro atoms. The third-order valence-electron chi connectivity index (χ3n) is 2.21. The van der Waals surface area contributed by atoms with Crippen molar-refractivity contribution in [3.05, 3.63) is 28.8 Å². The molecule has 1 rings (SSSR count). The number of methoxy groups -OCH3 is 1. The van der Waals surface area contributed by atoms with Crippen molar-refractivity contribution < 1.29 is 9.53 Å². The molecule has 0 saturated heterocycles. The molecule has 0 amide bonds. The summed E-state index contributed by atoms with van der Waals surface area (Å²) >= 11 is 5.95. The molecule has 0 radical (unpaired) electrons. The average molecular weight is 213 g/mol. The van der Waals surface area contributed by atoms with Crippen molar-refractivity contribution >= 4 is 17.9 Å². The minimum Gasteiger partial charge on any atom is -0.495 e. The van der Waals surface area contributed by atoms with Crippen LogP contribution in [0.2, 0.25) is 5.02 Å². The van der Waals surface area contributed by atoms with Gasteiger partial charge < -0.3 is 9.53 Å². The molecule has 0 aliphatic heterocycles. The Hall–Kier alpha value is -1.02.